The molecule has 2 rings (SSSR count). The van der Waals surface area contributed by atoms with Crippen LogP contribution in [0.1, 0.15) is 25.6 Å². The maximum Gasteiger partial charge on any atom is 0.218 e. The van der Waals surface area contributed by atoms with E-state index in [0.29, 0.717) is 11.8 Å². The maximum absolute atomic E-state index is 6.16. The Morgan fingerprint density at radius 1 is 1.39 bits per heavy atom. The van der Waals surface area contributed by atoms with Gasteiger partial charge in [0.15, 0.2) is 0 Å². The van der Waals surface area contributed by atoms with Gasteiger partial charge in [0.2, 0.25) is 5.88 Å². The Bertz CT molecular complexity index is 403. The molecular weight excluding hydrogens is 250 g/mol. The van der Waals surface area contributed by atoms with E-state index in [1.54, 1.807) is 7.11 Å². The van der Waals surface area contributed by atoms with Gasteiger partial charge in [0, 0.05) is 24.5 Å². The minimum atomic E-state index is 0.258. The van der Waals surface area contributed by atoms with Crippen molar-refractivity contribution in [2.75, 3.05) is 25.1 Å². The first-order valence-electron chi connectivity index (χ1n) is 6.39. The Balaban J connectivity index is 2.07. The van der Waals surface area contributed by atoms with Crippen molar-refractivity contribution in [3.8, 4) is 5.88 Å². The topological polar surface area (TPSA) is 38.2 Å². The molecule has 0 bridgehead atoms. The zero-order chi connectivity index (χ0) is 13.1. The van der Waals surface area contributed by atoms with Crippen molar-refractivity contribution in [1.29, 1.82) is 0 Å². The van der Waals surface area contributed by atoms with Gasteiger partial charge in [-0.1, -0.05) is 0 Å². The second-order valence-corrected chi connectivity index (χ2v) is 5.51. The second-order valence-electron chi connectivity index (χ2n) is 4.82. The minimum absolute atomic E-state index is 0.258. The highest BCUT2D eigenvalue weighted by molar-refractivity contribution is 6.20. The van der Waals surface area contributed by atoms with Gasteiger partial charge >= 0.3 is 0 Å². The number of aromatic nitrogens is 2. The molecule has 1 fully saturated rings. The fourth-order valence-electron chi connectivity index (χ4n) is 2.38. The van der Waals surface area contributed by atoms with Gasteiger partial charge < -0.3 is 9.64 Å². The van der Waals surface area contributed by atoms with E-state index in [9.17, 15) is 0 Å². The first kappa shape index (κ1) is 13.4. The summed E-state index contributed by atoms with van der Waals surface area (Å²) in [5.41, 5.74) is 0. The highest BCUT2D eigenvalue weighted by Crippen LogP contribution is 2.27. The number of anilines is 1. The van der Waals surface area contributed by atoms with Crippen LogP contribution in [0.15, 0.2) is 6.07 Å². The van der Waals surface area contributed by atoms with Crippen LogP contribution < -0.4 is 9.64 Å². The van der Waals surface area contributed by atoms with Gasteiger partial charge in [0.1, 0.15) is 11.6 Å². The molecule has 18 heavy (non-hydrogen) atoms. The summed E-state index contributed by atoms with van der Waals surface area (Å²) in [7, 11) is 1.63. The third kappa shape index (κ3) is 3.05. The first-order chi connectivity index (χ1) is 8.60. The lowest BCUT2D eigenvalue weighted by atomic mass is 9.94. The van der Waals surface area contributed by atoms with Gasteiger partial charge in [-0.3, -0.25) is 0 Å². The number of alkyl halides is 1. The van der Waals surface area contributed by atoms with Crippen LogP contribution in [0.25, 0.3) is 0 Å². The predicted octanol–water partition coefficient (Wildman–Crippen LogP) is 2.64. The number of aryl methyl sites for hydroxylation is 1. The first-order valence-corrected chi connectivity index (χ1v) is 6.82. The van der Waals surface area contributed by atoms with E-state index in [1.807, 2.05) is 13.0 Å². The molecule has 0 saturated carbocycles. The number of hydrogen-bond donors (Lipinski definition) is 0. The number of rotatable bonds is 3. The van der Waals surface area contributed by atoms with Gasteiger partial charge in [-0.25, -0.2) is 4.98 Å². The summed E-state index contributed by atoms with van der Waals surface area (Å²) in [4.78, 5) is 11.0. The Morgan fingerprint density at radius 3 is 2.61 bits per heavy atom. The standard InChI is InChI=1S/C13H20ClN3O/c1-9(14)11-4-6-17(7-5-11)12-8-13(18-3)16-10(2)15-12/h8-9,11H,4-7H2,1-3H3. The molecule has 5 heteroatoms. The van der Waals surface area contributed by atoms with Crippen LogP contribution in [0.5, 0.6) is 5.88 Å². The molecular formula is C13H20ClN3O. The van der Waals surface area contributed by atoms with Crippen molar-refractivity contribution in [1.82, 2.24) is 9.97 Å². The van der Waals surface area contributed by atoms with Crippen LogP contribution in [0.2, 0.25) is 0 Å². The molecule has 100 valence electrons. The molecule has 0 N–H and O–H groups in total. The van der Waals surface area contributed by atoms with Crippen molar-refractivity contribution < 1.29 is 4.74 Å². The van der Waals surface area contributed by atoms with Crippen LogP contribution in [-0.2, 0) is 0 Å². The lowest BCUT2D eigenvalue weighted by molar-refractivity contribution is 0.389. The molecule has 0 spiro atoms. The van der Waals surface area contributed by atoms with Crippen molar-refractivity contribution in [2.24, 2.45) is 5.92 Å². The summed E-state index contributed by atoms with van der Waals surface area (Å²) < 4.78 is 5.19. The fraction of sp³-hybridized carbons (Fsp3) is 0.692. The van der Waals surface area contributed by atoms with Gasteiger partial charge in [0.25, 0.3) is 0 Å². The van der Waals surface area contributed by atoms with Crippen molar-refractivity contribution >= 4 is 17.4 Å². The zero-order valence-corrected chi connectivity index (χ0v) is 11.9. The van der Waals surface area contributed by atoms with E-state index in [2.05, 4.69) is 21.8 Å². The quantitative estimate of drug-likeness (QED) is 0.791. The highest BCUT2D eigenvalue weighted by atomic mass is 35.5. The van der Waals surface area contributed by atoms with E-state index in [1.165, 1.54) is 0 Å². The molecule has 1 aliphatic rings. The SMILES string of the molecule is COc1cc(N2CCC(C(C)Cl)CC2)nc(C)n1. The largest absolute Gasteiger partial charge is 0.481 e. The number of halogens is 1. The van der Waals surface area contributed by atoms with E-state index in [4.69, 9.17) is 16.3 Å². The lowest BCUT2D eigenvalue weighted by Crippen LogP contribution is -2.36. The summed E-state index contributed by atoms with van der Waals surface area (Å²) in [5.74, 6) is 2.95. The van der Waals surface area contributed by atoms with Crippen molar-refractivity contribution in [3.05, 3.63) is 11.9 Å². The zero-order valence-electron chi connectivity index (χ0n) is 11.2. The molecule has 1 aromatic rings. The van der Waals surface area contributed by atoms with E-state index in [-0.39, 0.29) is 5.38 Å². The Morgan fingerprint density at radius 2 is 2.06 bits per heavy atom. The van der Waals surface area contributed by atoms with Gasteiger partial charge in [-0.2, -0.15) is 4.98 Å². The molecule has 1 aromatic heterocycles. The highest BCUT2D eigenvalue weighted by Gasteiger charge is 2.23. The molecule has 1 atom stereocenters. The summed E-state index contributed by atoms with van der Waals surface area (Å²) in [6.45, 7) is 5.97. The molecule has 1 aliphatic heterocycles. The van der Waals surface area contributed by atoms with Crippen LogP contribution in [0, 0.1) is 12.8 Å². The average Bonchev–Trinajstić information content (AvgIpc) is 2.38. The molecule has 1 unspecified atom stereocenters. The number of nitrogens with zero attached hydrogens (tertiary/aromatic N) is 3. The van der Waals surface area contributed by atoms with Crippen LogP contribution in [0.4, 0.5) is 5.82 Å². The minimum Gasteiger partial charge on any atom is -0.481 e. The Hall–Kier alpha value is -1.03. The molecule has 0 aliphatic carbocycles. The smallest absolute Gasteiger partial charge is 0.218 e. The number of piperidine rings is 1. The predicted molar refractivity (Wildman–Crippen MR) is 73.6 cm³/mol. The summed E-state index contributed by atoms with van der Waals surface area (Å²) in [6.07, 6.45) is 2.24. The van der Waals surface area contributed by atoms with Crippen molar-refractivity contribution in [3.63, 3.8) is 0 Å². The van der Waals surface area contributed by atoms with E-state index in [0.717, 1.165) is 37.6 Å². The Labute approximate surface area is 113 Å². The summed E-state index contributed by atoms with van der Waals surface area (Å²) >= 11 is 6.16. The van der Waals surface area contributed by atoms with Crippen LogP contribution >= 0.6 is 11.6 Å². The fourth-order valence-corrected chi connectivity index (χ4v) is 2.63. The Kier molecular flexibility index (Phi) is 4.27. The number of hydrogen-bond acceptors (Lipinski definition) is 4. The lowest BCUT2D eigenvalue weighted by Gasteiger charge is -2.34. The maximum atomic E-state index is 6.16. The van der Waals surface area contributed by atoms with Gasteiger partial charge in [-0.15, -0.1) is 11.6 Å². The molecule has 0 aromatic carbocycles. The van der Waals surface area contributed by atoms with Gasteiger partial charge in [0.05, 0.1) is 7.11 Å². The van der Waals surface area contributed by atoms with Crippen LogP contribution in [-0.4, -0.2) is 35.5 Å². The van der Waals surface area contributed by atoms with Gasteiger partial charge in [-0.05, 0) is 32.6 Å². The number of methoxy groups -OCH3 is 1. The molecule has 0 amide bonds. The van der Waals surface area contributed by atoms with E-state index < -0.39 is 0 Å². The second kappa shape index (κ2) is 5.74. The third-order valence-electron chi connectivity index (χ3n) is 3.52. The monoisotopic (exact) mass is 269 g/mol. The molecule has 2 heterocycles. The molecule has 4 nitrogen and oxygen atoms in total. The third-order valence-corrected chi connectivity index (χ3v) is 3.88. The summed E-state index contributed by atoms with van der Waals surface area (Å²) in [5, 5.41) is 0.258. The average molecular weight is 270 g/mol. The molecule has 1 saturated heterocycles. The van der Waals surface area contributed by atoms with Crippen LogP contribution in [0.3, 0.4) is 0 Å². The number of ether oxygens (including phenoxy) is 1. The molecule has 0 radical (unpaired) electrons. The van der Waals surface area contributed by atoms with Crippen molar-refractivity contribution in [2.45, 2.75) is 32.1 Å². The normalized spacial score (nSPS) is 18.8. The van der Waals surface area contributed by atoms with E-state index >= 15 is 0 Å². The summed E-state index contributed by atoms with van der Waals surface area (Å²) in [6, 6.07) is 1.90.